The van der Waals surface area contributed by atoms with Crippen LogP contribution in [0.25, 0.3) is 0 Å². The largest absolute Gasteiger partial charge is 0.465 e. The minimum atomic E-state index is -0.489. The highest BCUT2D eigenvalue weighted by Crippen LogP contribution is 2.16. The van der Waals surface area contributed by atoms with Crippen molar-refractivity contribution in [3.63, 3.8) is 0 Å². The van der Waals surface area contributed by atoms with Gasteiger partial charge in [-0.25, -0.2) is 14.6 Å². The average Bonchev–Trinajstić information content (AvgIpc) is 3.09. The van der Waals surface area contributed by atoms with Gasteiger partial charge in [0.2, 0.25) is 5.91 Å². The van der Waals surface area contributed by atoms with Crippen LogP contribution in [0.2, 0.25) is 0 Å². The van der Waals surface area contributed by atoms with Crippen LogP contribution >= 0.6 is 11.8 Å². The number of amides is 1. The molecule has 132 valence electrons. The summed E-state index contributed by atoms with van der Waals surface area (Å²) in [6.45, 7) is 1.99. The molecule has 0 aliphatic heterocycles. The Labute approximate surface area is 148 Å². The first-order chi connectivity index (χ1) is 12.0. The Kier molecular flexibility index (Phi) is 6.58. The maximum atomic E-state index is 11.9. The van der Waals surface area contributed by atoms with Crippen LogP contribution in [0.5, 0.6) is 0 Å². The minimum Gasteiger partial charge on any atom is -0.465 e. The molecule has 9 heteroatoms. The van der Waals surface area contributed by atoms with Gasteiger partial charge in [0, 0.05) is 5.69 Å². The molecular weight excluding hydrogens is 346 g/mol. The van der Waals surface area contributed by atoms with E-state index >= 15 is 0 Å². The van der Waals surface area contributed by atoms with E-state index in [0.717, 1.165) is 11.8 Å². The lowest BCUT2D eigenvalue weighted by Gasteiger charge is -2.05. The van der Waals surface area contributed by atoms with Crippen molar-refractivity contribution in [2.45, 2.75) is 12.1 Å². The third-order valence-corrected chi connectivity index (χ3v) is 3.87. The Morgan fingerprint density at radius 1 is 1.20 bits per heavy atom. The van der Waals surface area contributed by atoms with E-state index in [1.54, 1.807) is 31.2 Å². The van der Waals surface area contributed by atoms with Gasteiger partial charge in [-0.3, -0.25) is 4.79 Å². The van der Waals surface area contributed by atoms with E-state index in [-0.39, 0.29) is 24.0 Å². The van der Waals surface area contributed by atoms with Crippen molar-refractivity contribution in [2.24, 2.45) is 0 Å². The van der Waals surface area contributed by atoms with Gasteiger partial charge in [0.25, 0.3) is 0 Å². The lowest BCUT2D eigenvalue weighted by molar-refractivity contribution is -0.113. The van der Waals surface area contributed by atoms with Gasteiger partial charge < -0.3 is 19.8 Å². The highest BCUT2D eigenvalue weighted by atomic mass is 32.2. The lowest BCUT2D eigenvalue weighted by Crippen LogP contribution is -2.14. The molecule has 0 bridgehead atoms. The van der Waals surface area contributed by atoms with Gasteiger partial charge >= 0.3 is 11.9 Å². The third-order valence-electron chi connectivity index (χ3n) is 2.98. The van der Waals surface area contributed by atoms with Crippen molar-refractivity contribution in [1.29, 1.82) is 0 Å². The van der Waals surface area contributed by atoms with Crippen LogP contribution in [-0.2, 0) is 14.3 Å². The molecule has 0 aliphatic carbocycles. The van der Waals surface area contributed by atoms with Crippen LogP contribution in [0.4, 0.5) is 5.69 Å². The van der Waals surface area contributed by atoms with E-state index in [0.29, 0.717) is 16.4 Å². The van der Waals surface area contributed by atoms with Gasteiger partial charge in [-0.2, -0.15) is 0 Å². The number of imidazole rings is 1. The summed E-state index contributed by atoms with van der Waals surface area (Å²) in [6, 6.07) is 6.35. The number of thioether (sulfide) groups is 1. The molecule has 0 spiro atoms. The monoisotopic (exact) mass is 363 g/mol. The Bertz CT molecular complexity index is 757. The number of nitrogens with zero attached hydrogens (tertiary/aromatic N) is 1. The molecule has 2 aromatic rings. The maximum Gasteiger partial charge on any atom is 0.356 e. The van der Waals surface area contributed by atoms with Crippen LogP contribution in [0.3, 0.4) is 0 Å². The molecule has 0 saturated carbocycles. The number of anilines is 1. The summed E-state index contributed by atoms with van der Waals surface area (Å²) in [4.78, 5) is 41.6. The molecule has 8 nitrogen and oxygen atoms in total. The third kappa shape index (κ3) is 5.35. The molecule has 0 fully saturated rings. The number of hydrogen-bond acceptors (Lipinski definition) is 7. The smallest absolute Gasteiger partial charge is 0.356 e. The van der Waals surface area contributed by atoms with Gasteiger partial charge in [0.1, 0.15) is 5.69 Å². The zero-order valence-corrected chi connectivity index (χ0v) is 14.5. The molecule has 1 heterocycles. The van der Waals surface area contributed by atoms with Crippen molar-refractivity contribution in [2.75, 3.05) is 24.8 Å². The first-order valence-corrected chi connectivity index (χ1v) is 8.35. The first-order valence-electron chi connectivity index (χ1n) is 7.36. The number of esters is 2. The number of methoxy groups -OCH3 is 1. The minimum absolute atomic E-state index is 0.106. The highest BCUT2D eigenvalue weighted by Gasteiger charge is 2.12. The number of H-pyrrole nitrogens is 1. The number of benzene rings is 1. The highest BCUT2D eigenvalue weighted by molar-refractivity contribution is 7.99. The maximum absolute atomic E-state index is 11.9. The van der Waals surface area contributed by atoms with Crippen LogP contribution in [0.1, 0.15) is 27.8 Å². The molecule has 0 unspecified atom stereocenters. The molecule has 0 atom stereocenters. The summed E-state index contributed by atoms with van der Waals surface area (Å²) in [5.41, 5.74) is 1.20. The zero-order chi connectivity index (χ0) is 18.2. The standard InChI is InChI=1S/C16H17N3O5S/c1-3-24-15(22)12-8-17-16(19-12)25-9-13(20)18-11-6-4-10(5-7-11)14(21)23-2/h4-8H,3,9H2,1-2H3,(H,17,19)(H,18,20). The normalized spacial score (nSPS) is 10.2. The van der Waals surface area contributed by atoms with E-state index in [2.05, 4.69) is 20.0 Å². The van der Waals surface area contributed by atoms with E-state index in [1.165, 1.54) is 13.3 Å². The number of ether oxygens (including phenoxy) is 2. The molecular formula is C16H17N3O5S. The van der Waals surface area contributed by atoms with Gasteiger partial charge in [0.15, 0.2) is 5.16 Å². The fourth-order valence-electron chi connectivity index (χ4n) is 1.83. The second-order valence-electron chi connectivity index (χ2n) is 4.73. The van der Waals surface area contributed by atoms with Gasteiger partial charge in [-0.15, -0.1) is 0 Å². The SMILES string of the molecule is CCOC(=O)c1cnc(SCC(=O)Nc2ccc(C(=O)OC)cc2)[nH]1. The van der Waals surface area contributed by atoms with Crippen LogP contribution in [-0.4, -0.2) is 47.3 Å². The second kappa shape index (κ2) is 8.88. The summed E-state index contributed by atoms with van der Waals surface area (Å²) in [7, 11) is 1.30. The Morgan fingerprint density at radius 3 is 2.56 bits per heavy atom. The Hall–Kier alpha value is -2.81. The van der Waals surface area contributed by atoms with Crippen molar-refractivity contribution < 1.29 is 23.9 Å². The zero-order valence-electron chi connectivity index (χ0n) is 13.7. The number of aromatic amines is 1. The molecule has 2 N–H and O–H groups in total. The van der Waals surface area contributed by atoms with Crippen molar-refractivity contribution in [1.82, 2.24) is 9.97 Å². The summed E-state index contributed by atoms with van der Waals surface area (Å²) in [5, 5.41) is 3.14. The predicted molar refractivity (Wildman–Crippen MR) is 91.7 cm³/mol. The van der Waals surface area contributed by atoms with Crippen LogP contribution in [0, 0.1) is 0 Å². The van der Waals surface area contributed by atoms with E-state index < -0.39 is 11.9 Å². The number of nitrogens with one attached hydrogen (secondary N) is 2. The summed E-state index contributed by atoms with van der Waals surface area (Å²) in [6.07, 6.45) is 1.36. The van der Waals surface area contributed by atoms with Crippen LogP contribution in [0.15, 0.2) is 35.6 Å². The van der Waals surface area contributed by atoms with Gasteiger partial charge in [0.05, 0.1) is 31.2 Å². The quantitative estimate of drug-likeness (QED) is 0.572. The summed E-state index contributed by atoms with van der Waals surface area (Å²) in [5.74, 6) is -1.07. The van der Waals surface area contributed by atoms with E-state index in [4.69, 9.17) is 4.74 Å². The lowest BCUT2D eigenvalue weighted by atomic mass is 10.2. The molecule has 25 heavy (non-hydrogen) atoms. The fraction of sp³-hybridized carbons (Fsp3) is 0.250. The molecule has 2 rings (SSSR count). The molecule has 0 radical (unpaired) electrons. The molecule has 1 aromatic heterocycles. The predicted octanol–water partition coefficient (Wildman–Crippen LogP) is 2.10. The van der Waals surface area contributed by atoms with Crippen molar-refractivity contribution in [3.8, 4) is 0 Å². The second-order valence-corrected chi connectivity index (χ2v) is 5.69. The topological polar surface area (TPSA) is 110 Å². The summed E-state index contributed by atoms with van der Waals surface area (Å²) < 4.78 is 9.45. The van der Waals surface area contributed by atoms with Crippen molar-refractivity contribution in [3.05, 3.63) is 41.7 Å². The molecule has 1 aromatic carbocycles. The van der Waals surface area contributed by atoms with Crippen LogP contribution < -0.4 is 5.32 Å². The number of aromatic nitrogens is 2. The molecule has 0 aliphatic rings. The number of carbonyl (C=O) groups excluding carboxylic acids is 3. The molecule has 0 saturated heterocycles. The van der Waals surface area contributed by atoms with E-state index in [1.807, 2.05) is 0 Å². The fourth-order valence-corrected chi connectivity index (χ4v) is 2.48. The molecule has 1 amide bonds. The Morgan fingerprint density at radius 2 is 1.92 bits per heavy atom. The average molecular weight is 363 g/mol. The first kappa shape index (κ1) is 18.5. The van der Waals surface area contributed by atoms with Crippen molar-refractivity contribution >= 4 is 35.3 Å². The Balaban J connectivity index is 1.84. The van der Waals surface area contributed by atoms with E-state index in [9.17, 15) is 14.4 Å². The summed E-state index contributed by atoms with van der Waals surface area (Å²) >= 11 is 1.16. The number of carbonyl (C=O) groups is 3. The number of hydrogen-bond donors (Lipinski definition) is 2. The number of rotatable bonds is 7. The van der Waals surface area contributed by atoms with Gasteiger partial charge in [-0.1, -0.05) is 11.8 Å². The van der Waals surface area contributed by atoms with Gasteiger partial charge in [-0.05, 0) is 31.2 Å².